The molecule has 7 heteroatoms. The Bertz CT molecular complexity index is 320. The predicted octanol–water partition coefficient (Wildman–Crippen LogP) is -0.455. The molecule has 0 fully saturated rings. The average molecular weight is 213 g/mol. The summed E-state index contributed by atoms with van der Waals surface area (Å²) < 4.78 is 9.84. The van der Waals surface area contributed by atoms with E-state index in [2.05, 4.69) is 15.0 Å². The van der Waals surface area contributed by atoms with E-state index in [1.54, 1.807) is 7.11 Å². The van der Waals surface area contributed by atoms with Gasteiger partial charge < -0.3 is 20.1 Å². The smallest absolute Gasteiger partial charge is 0.322 e. The molecule has 0 amide bonds. The number of nitrogens with zero attached hydrogens (tertiary/aromatic N) is 4. The van der Waals surface area contributed by atoms with Crippen molar-refractivity contribution in [3.63, 3.8) is 0 Å². The van der Waals surface area contributed by atoms with Crippen molar-refractivity contribution in [2.75, 3.05) is 45.1 Å². The molecule has 0 spiro atoms. The maximum atomic E-state index is 5.50. The Hall–Kier alpha value is -1.63. The molecule has 84 valence electrons. The van der Waals surface area contributed by atoms with Gasteiger partial charge in [-0.25, -0.2) is 0 Å². The van der Waals surface area contributed by atoms with E-state index in [4.69, 9.17) is 15.2 Å². The van der Waals surface area contributed by atoms with E-state index in [0.717, 1.165) is 0 Å². The van der Waals surface area contributed by atoms with Crippen molar-refractivity contribution < 1.29 is 9.47 Å². The summed E-state index contributed by atoms with van der Waals surface area (Å²) in [6, 6.07) is 0.210. The van der Waals surface area contributed by atoms with Crippen LogP contribution in [0.1, 0.15) is 0 Å². The van der Waals surface area contributed by atoms with Crippen LogP contribution >= 0.6 is 0 Å². The van der Waals surface area contributed by atoms with Crippen molar-refractivity contribution in [1.82, 2.24) is 15.0 Å². The molecule has 15 heavy (non-hydrogen) atoms. The van der Waals surface area contributed by atoms with Crippen LogP contribution in [0, 0.1) is 0 Å². The van der Waals surface area contributed by atoms with Crippen molar-refractivity contribution in [3.05, 3.63) is 0 Å². The number of hydrogen-bond acceptors (Lipinski definition) is 7. The fraction of sp³-hybridized carbons (Fsp3) is 0.625. The lowest BCUT2D eigenvalue weighted by Crippen LogP contribution is -2.24. The first-order valence-electron chi connectivity index (χ1n) is 4.43. The molecule has 0 bridgehead atoms. The number of aromatic nitrogens is 3. The van der Waals surface area contributed by atoms with Gasteiger partial charge in [0.05, 0.1) is 13.7 Å². The molecule has 0 aliphatic carbocycles. The van der Waals surface area contributed by atoms with Crippen LogP contribution in [-0.2, 0) is 4.74 Å². The highest BCUT2D eigenvalue weighted by Crippen LogP contribution is 2.11. The molecule has 0 aliphatic heterocycles. The SMILES string of the molecule is COCCN(C)c1nc(N)nc(OC)n1. The third-order valence-corrected chi connectivity index (χ3v) is 1.78. The van der Waals surface area contributed by atoms with Crippen LogP contribution in [0.2, 0.25) is 0 Å². The van der Waals surface area contributed by atoms with Gasteiger partial charge in [-0.2, -0.15) is 15.0 Å². The first-order valence-corrected chi connectivity index (χ1v) is 4.43. The number of likely N-dealkylation sites (N-methyl/N-ethyl adjacent to an activating group) is 1. The Balaban J connectivity index is 2.78. The fourth-order valence-corrected chi connectivity index (χ4v) is 0.951. The lowest BCUT2D eigenvalue weighted by Gasteiger charge is -2.16. The zero-order valence-electron chi connectivity index (χ0n) is 9.10. The molecule has 1 rings (SSSR count). The molecular formula is C8H15N5O2. The number of methoxy groups -OCH3 is 2. The second-order valence-electron chi connectivity index (χ2n) is 2.89. The molecule has 0 atom stereocenters. The van der Waals surface area contributed by atoms with Gasteiger partial charge in [-0.1, -0.05) is 0 Å². The van der Waals surface area contributed by atoms with Crippen LogP contribution in [0.3, 0.4) is 0 Å². The van der Waals surface area contributed by atoms with Gasteiger partial charge in [-0.15, -0.1) is 0 Å². The van der Waals surface area contributed by atoms with E-state index in [9.17, 15) is 0 Å². The maximum absolute atomic E-state index is 5.50. The molecule has 7 nitrogen and oxygen atoms in total. The van der Waals surface area contributed by atoms with E-state index in [0.29, 0.717) is 19.1 Å². The summed E-state index contributed by atoms with van der Waals surface area (Å²) in [5.74, 6) is 0.609. The maximum Gasteiger partial charge on any atom is 0.322 e. The van der Waals surface area contributed by atoms with E-state index >= 15 is 0 Å². The average Bonchev–Trinajstić information content (AvgIpc) is 2.24. The predicted molar refractivity (Wildman–Crippen MR) is 55.9 cm³/mol. The highest BCUT2D eigenvalue weighted by molar-refractivity contribution is 5.34. The first kappa shape index (κ1) is 11.4. The Morgan fingerprint density at radius 3 is 2.60 bits per heavy atom. The topological polar surface area (TPSA) is 86.4 Å². The number of hydrogen-bond donors (Lipinski definition) is 1. The summed E-state index contributed by atoms with van der Waals surface area (Å²) in [4.78, 5) is 13.6. The van der Waals surface area contributed by atoms with Crippen molar-refractivity contribution in [2.24, 2.45) is 0 Å². The number of nitrogen functional groups attached to an aromatic ring is 1. The van der Waals surface area contributed by atoms with Gasteiger partial charge >= 0.3 is 6.01 Å². The van der Waals surface area contributed by atoms with Crippen LogP contribution < -0.4 is 15.4 Å². The van der Waals surface area contributed by atoms with Crippen LogP contribution in [-0.4, -0.2) is 49.4 Å². The summed E-state index contributed by atoms with van der Waals surface area (Å²) in [7, 11) is 4.96. The molecule has 1 heterocycles. The van der Waals surface area contributed by atoms with Crippen LogP contribution in [0.25, 0.3) is 0 Å². The van der Waals surface area contributed by atoms with Gasteiger partial charge in [0.2, 0.25) is 11.9 Å². The number of anilines is 2. The third-order valence-electron chi connectivity index (χ3n) is 1.78. The van der Waals surface area contributed by atoms with Crippen LogP contribution in [0.15, 0.2) is 0 Å². The molecule has 0 aliphatic rings. The second kappa shape index (κ2) is 5.30. The summed E-state index contributed by atoms with van der Waals surface area (Å²) in [5, 5.41) is 0. The molecule has 0 unspecified atom stereocenters. The molecule has 1 aromatic rings. The van der Waals surface area contributed by atoms with Gasteiger partial charge in [-0.05, 0) is 0 Å². The minimum Gasteiger partial charge on any atom is -0.467 e. The molecular weight excluding hydrogens is 198 g/mol. The Kier molecular flexibility index (Phi) is 4.04. The van der Waals surface area contributed by atoms with Crippen molar-refractivity contribution >= 4 is 11.9 Å². The normalized spacial score (nSPS) is 10.1. The monoisotopic (exact) mass is 213 g/mol. The molecule has 2 N–H and O–H groups in total. The quantitative estimate of drug-likeness (QED) is 0.708. The number of nitrogens with two attached hydrogens (primary N) is 1. The highest BCUT2D eigenvalue weighted by atomic mass is 16.5. The molecule has 1 aromatic heterocycles. The van der Waals surface area contributed by atoms with Gasteiger partial charge in [-0.3, -0.25) is 0 Å². The lowest BCUT2D eigenvalue weighted by molar-refractivity contribution is 0.206. The third kappa shape index (κ3) is 3.21. The standard InChI is InChI=1S/C8H15N5O2/c1-13(4-5-14-2)7-10-6(9)11-8(12-7)15-3/h4-5H2,1-3H3,(H2,9,10,11,12). The summed E-state index contributed by atoms with van der Waals surface area (Å²) in [6.07, 6.45) is 0. The Morgan fingerprint density at radius 2 is 2.00 bits per heavy atom. The van der Waals surface area contributed by atoms with E-state index in [-0.39, 0.29) is 12.0 Å². The van der Waals surface area contributed by atoms with Gasteiger partial charge in [0.15, 0.2) is 0 Å². The van der Waals surface area contributed by atoms with Crippen LogP contribution in [0.5, 0.6) is 6.01 Å². The Labute approximate surface area is 88.2 Å². The van der Waals surface area contributed by atoms with Crippen molar-refractivity contribution in [1.29, 1.82) is 0 Å². The molecule has 0 saturated carbocycles. The van der Waals surface area contributed by atoms with Gasteiger partial charge in [0.25, 0.3) is 0 Å². The summed E-state index contributed by atoms with van der Waals surface area (Å²) >= 11 is 0. The van der Waals surface area contributed by atoms with Gasteiger partial charge in [0.1, 0.15) is 0 Å². The van der Waals surface area contributed by atoms with E-state index < -0.39 is 0 Å². The Morgan fingerprint density at radius 1 is 1.27 bits per heavy atom. The second-order valence-corrected chi connectivity index (χ2v) is 2.89. The van der Waals surface area contributed by atoms with Crippen molar-refractivity contribution in [3.8, 4) is 6.01 Å². The largest absolute Gasteiger partial charge is 0.467 e. The summed E-state index contributed by atoms with van der Waals surface area (Å²) in [6.45, 7) is 1.26. The molecule has 0 saturated heterocycles. The molecule has 0 radical (unpaired) electrons. The summed E-state index contributed by atoms with van der Waals surface area (Å²) in [5.41, 5.74) is 5.50. The zero-order chi connectivity index (χ0) is 11.3. The minimum absolute atomic E-state index is 0.140. The van der Waals surface area contributed by atoms with Crippen molar-refractivity contribution in [2.45, 2.75) is 0 Å². The highest BCUT2D eigenvalue weighted by Gasteiger charge is 2.08. The van der Waals surface area contributed by atoms with Crippen LogP contribution in [0.4, 0.5) is 11.9 Å². The number of ether oxygens (including phenoxy) is 2. The zero-order valence-corrected chi connectivity index (χ0v) is 9.10. The van der Waals surface area contributed by atoms with E-state index in [1.165, 1.54) is 7.11 Å². The minimum atomic E-state index is 0.140. The lowest BCUT2D eigenvalue weighted by atomic mass is 10.6. The van der Waals surface area contributed by atoms with E-state index in [1.807, 2.05) is 11.9 Å². The molecule has 0 aromatic carbocycles. The van der Waals surface area contributed by atoms with Gasteiger partial charge in [0, 0.05) is 20.7 Å². The fourth-order valence-electron chi connectivity index (χ4n) is 0.951. The first-order chi connectivity index (χ1) is 7.17. The number of rotatable bonds is 5.